The van der Waals surface area contributed by atoms with E-state index in [1.54, 1.807) is 0 Å². The summed E-state index contributed by atoms with van der Waals surface area (Å²) in [7, 11) is 5.97. The summed E-state index contributed by atoms with van der Waals surface area (Å²) in [5, 5.41) is 19.5. The number of hydrogen-bond acceptors (Lipinski definition) is 5. The number of nitrogens with zero attached hydrogens (tertiary/aromatic N) is 4. The van der Waals surface area contributed by atoms with Crippen LogP contribution in [0.2, 0.25) is 0 Å². The van der Waals surface area contributed by atoms with Crippen LogP contribution in [0.1, 0.15) is 30.9 Å². The third-order valence-corrected chi connectivity index (χ3v) is 5.16. The molecule has 0 unspecified atom stereocenters. The number of quaternary nitrogens is 1. The minimum Gasteiger partial charge on any atom is -0.505 e. The molecule has 1 aromatic rings. The maximum Gasteiger partial charge on any atom is 0.146 e. The lowest BCUT2D eigenvalue weighted by Crippen LogP contribution is -2.72. The van der Waals surface area contributed by atoms with E-state index in [2.05, 4.69) is 15.9 Å². The van der Waals surface area contributed by atoms with Crippen molar-refractivity contribution in [2.75, 3.05) is 50.7 Å². The first-order valence-electron chi connectivity index (χ1n) is 9.58. The van der Waals surface area contributed by atoms with Crippen LogP contribution < -0.4 is 15.2 Å². The van der Waals surface area contributed by atoms with Crippen LogP contribution in [0, 0.1) is 0 Å². The van der Waals surface area contributed by atoms with Crippen molar-refractivity contribution in [3.8, 4) is 5.75 Å². The average molecular weight is 359 g/mol. The van der Waals surface area contributed by atoms with E-state index in [4.69, 9.17) is 5.10 Å². The van der Waals surface area contributed by atoms with Gasteiger partial charge in [0.05, 0.1) is 25.5 Å². The van der Waals surface area contributed by atoms with Crippen molar-refractivity contribution in [2.24, 2.45) is 5.10 Å². The van der Waals surface area contributed by atoms with Crippen molar-refractivity contribution in [3.63, 3.8) is 0 Å². The highest BCUT2D eigenvalue weighted by atomic mass is 16.3. The molecule has 2 heterocycles. The van der Waals surface area contributed by atoms with E-state index in [0.717, 1.165) is 55.9 Å². The number of benzene rings is 1. The van der Waals surface area contributed by atoms with Gasteiger partial charge in [-0.3, -0.25) is 5.01 Å². The van der Waals surface area contributed by atoms with Gasteiger partial charge in [-0.2, -0.15) is 5.10 Å². The van der Waals surface area contributed by atoms with Gasteiger partial charge in [0.2, 0.25) is 0 Å². The predicted octanol–water partition coefficient (Wildman–Crippen LogP) is 1.50. The van der Waals surface area contributed by atoms with Crippen LogP contribution in [0.5, 0.6) is 5.75 Å². The molecule has 0 radical (unpaired) electrons. The van der Waals surface area contributed by atoms with Gasteiger partial charge in [-0.1, -0.05) is 0 Å². The van der Waals surface area contributed by atoms with E-state index in [-0.39, 0.29) is 0 Å². The minimum absolute atomic E-state index is 0.406. The largest absolute Gasteiger partial charge is 0.505 e. The molecular weight excluding hydrogens is 326 g/mol. The molecule has 0 atom stereocenters. The van der Waals surface area contributed by atoms with Crippen molar-refractivity contribution in [1.82, 2.24) is 4.90 Å². The molecule has 142 valence electrons. The summed E-state index contributed by atoms with van der Waals surface area (Å²) < 4.78 is 0. The van der Waals surface area contributed by atoms with Crippen LogP contribution in [0.3, 0.4) is 0 Å². The van der Waals surface area contributed by atoms with Crippen LogP contribution in [-0.2, 0) is 12.8 Å². The van der Waals surface area contributed by atoms with Gasteiger partial charge >= 0.3 is 0 Å². The smallest absolute Gasteiger partial charge is 0.146 e. The van der Waals surface area contributed by atoms with Crippen molar-refractivity contribution in [3.05, 3.63) is 29.6 Å². The van der Waals surface area contributed by atoms with Gasteiger partial charge < -0.3 is 20.2 Å². The fourth-order valence-electron chi connectivity index (χ4n) is 4.06. The van der Waals surface area contributed by atoms with Crippen molar-refractivity contribution in [1.29, 1.82) is 0 Å². The molecule has 0 fully saturated rings. The topological polar surface area (TPSA) is 58.9 Å². The van der Waals surface area contributed by atoms with Gasteiger partial charge in [0.15, 0.2) is 0 Å². The van der Waals surface area contributed by atoms with Crippen molar-refractivity contribution in [2.45, 2.75) is 32.6 Å². The Labute approximate surface area is 156 Å². The van der Waals surface area contributed by atoms with Gasteiger partial charge in [0.25, 0.3) is 0 Å². The Kier molecular flexibility index (Phi) is 5.71. The summed E-state index contributed by atoms with van der Waals surface area (Å²) in [4.78, 5) is 4.54. The molecule has 0 saturated carbocycles. The molecule has 0 amide bonds. The number of anilines is 2. The zero-order valence-electron chi connectivity index (χ0n) is 16.5. The third kappa shape index (κ3) is 3.80. The van der Waals surface area contributed by atoms with Gasteiger partial charge in [-0.25, -0.2) is 0 Å². The molecule has 2 aliphatic rings. The second-order valence-electron chi connectivity index (χ2n) is 7.37. The number of nitrogens with two attached hydrogens (primary N) is 1. The molecule has 26 heavy (non-hydrogen) atoms. The second kappa shape index (κ2) is 7.99. The summed E-state index contributed by atoms with van der Waals surface area (Å²) in [6, 6.07) is 2.14. The molecule has 6 nitrogen and oxygen atoms in total. The van der Waals surface area contributed by atoms with Crippen LogP contribution in [-0.4, -0.2) is 56.5 Å². The second-order valence-corrected chi connectivity index (χ2v) is 7.37. The first-order valence-corrected chi connectivity index (χ1v) is 9.58. The molecule has 0 aromatic heterocycles. The van der Waals surface area contributed by atoms with Crippen molar-refractivity contribution >= 4 is 17.1 Å². The predicted molar refractivity (Wildman–Crippen MR) is 108 cm³/mol. The van der Waals surface area contributed by atoms with E-state index in [9.17, 15) is 5.11 Å². The SMILES string of the molecule is C[NH2+]/C=C\N(C)C/C(C)=N/N(C)c1cc2c3c(c1O)CCCN3CCC2. The maximum atomic E-state index is 10.9. The molecule has 3 N–H and O–H groups in total. The summed E-state index contributed by atoms with van der Waals surface area (Å²) >= 11 is 0. The average Bonchev–Trinajstić information content (AvgIpc) is 2.62. The normalized spacial score (nSPS) is 16.8. The Hall–Kier alpha value is -2.21. The fourth-order valence-corrected chi connectivity index (χ4v) is 4.06. The monoisotopic (exact) mass is 358 g/mol. The highest BCUT2D eigenvalue weighted by Gasteiger charge is 2.28. The number of hydrogen-bond donors (Lipinski definition) is 2. The number of phenolic OH excluding ortho intramolecular Hbond substituents is 1. The minimum atomic E-state index is 0.406. The lowest BCUT2D eigenvalue weighted by atomic mass is 9.90. The summed E-state index contributed by atoms with van der Waals surface area (Å²) in [5.74, 6) is 0.406. The van der Waals surface area contributed by atoms with E-state index in [1.807, 2.05) is 50.8 Å². The van der Waals surface area contributed by atoms with Crippen molar-refractivity contribution < 1.29 is 10.4 Å². The summed E-state index contributed by atoms with van der Waals surface area (Å²) in [6.45, 7) is 5.00. The Balaban J connectivity index is 1.85. The number of aromatic hydroxyl groups is 1. The standard InChI is InChI=1S/C20H31N5O/c1-15(14-23(3)12-9-21-2)22-24(4)18-13-16-7-5-10-25-11-6-8-17(19(16)25)20(18)26/h9,12-13,21,26H,5-8,10-11,14H2,1-4H3/p+1/b12-9-,22-15+. The lowest BCUT2D eigenvalue weighted by Gasteiger charge is -2.38. The molecular formula is C20H32N5O+. The quantitative estimate of drug-likeness (QED) is 0.598. The Bertz CT molecular complexity index is 711. The molecule has 2 aliphatic heterocycles. The summed E-state index contributed by atoms with van der Waals surface area (Å²) in [5.41, 5.74) is 5.59. The number of aryl methyl sites for hydroxylation is 1. The van der Waals surface area contributed by atoms with Crippen LogP contribution in [0.25, 0.3) is 0 Å². The first kappa shape index (κ1) is 18.6. The fraction of sp³-hybridized carbons (Fsp3) is 0.550. The van der Waals surface area contributed by atoms with Gasteiger partial charge in [0.1, 0.15) is 17.6 Å². The molecule has 3 rings (SSSR count). The van der Waals surface area contributed by atoms with E-state index in [1.165, 1.54) is 17.7 Å². The van der Waals surface area contributed by atoms with Gasteiger partial charge in [0, 0.05) is 38.4 Å². The zero-order chi connectivity index (χ0) is 18.7. The number of phenols is 1. The Morgan fingerprint density at radius 3 is 2.77 bits per heavy atom. The maximum absolute atomic E-state index is 10.9. The van der Waals surface area contributed by atoms with Crippen LogP contribution in [0.4, 0.5) is 11.4 Å². The van der Waals surface area contributed by atoms with Crippen LogP contribution in [0.15, 0.2) is 23.6 Å². The number of hydrazone groups is 1. The first-order chi connectivity index (χ1) is 12.5. The molecule has 0 bridgehead atoms. The van der Waals surface area contributed by atoms with E-state index < -0.39 is 0 Å². The number of rotatable bonds is 6. The molecule has 0 spiro atoms. The molecule has 1 aromatic carbocycles. The Morgan fingerprint density at radius 2 is 2.04 bits per heavy atom. The highest BCUT2D eigenvalue weighted by Crippen LogP contribution is 2.45. The van der Waals surface area contributed by atoms with E-state index in [0.29, 0.717) is 5.75 Å². The van der Waals surface area contributed by atoms with Gasteiger partial charge in [-0.05, 0) is 44.2 Å². The highest BCUT2D eigenvalue weighted by molar-refractivity contribution is 5.85. The lowest BCUT2D eigenvalue weighted by molar-refractivity contribution is -0.557. The zero-order valence-corrected chi connectivity index (χ0v) is 16.5. The van der Waals surface area contributed by atoms with E-state index >= 15 is 0 Å². The molecule has 0 aliphatic carbocycles. The Morgan fingerprint density at radius 1 is 1.31 bits per heavy atom. The van der Waals surface area contributed by atoms with Crippen LogP contribution >= 0.6 is 0 Å². The molecule has 0 saturated heterocycles. The third-order valence-electron chi connectivity index (χ3n) is 5.16. The van der Waals surface area contributed by atoms with Gasteiger partial charge in [-0.15, -0.1) is 0 Å². The summed E-state index contributed by atoms with van der Waals surface area (Å²) in [6.07, 6.45) is 8.39. The molecule has 6 heteroatoms.